The van der Waals surface area contributed by atoms with E-state index in [0.717, 1.165) is 23.2 Å². The largest absolute Gasteiger partial charge is 0.465 e. The highest BCUT2D eigenvalue weighted by atomic mass is 16.4. The van der Waals surface area contributed by atoms with Crippen LogP contribution in [-0.2, 0) is 4.79 Å². The van der Waals surface area contributed by atoms with Gasteiger partial charge in [-0.25, -0.2) is 4.79 Å². The van der Waals surface area contributed by atoms with E-state index in [1.54, 1.807) is 0 Å². The Balaban J connectivity index is 1.61. The first-order valence-corrected chi connectivity index (χ1v) is 8.48. The molecule has 1 unspecified atom stereocenters. The topological polar surface area (TPSA) is 69.6 Å². The van der Waals surface area contributed by atoms with Crippen LogP contribution in [0, 0.1) is 0 Å². The first-order chi connectivity index (χ1) is 12.0. The van der Waals surface area contributed by atoms with Crippen LogP contribution in [0.25, 0.3) is 0 Å². The minimum absolute atomic E-state index is 0.0446. The van der Waals surface area contributed by atoms with E-state index in [4.69, 9.17) is 5.11 Å². The summed E-state index contributed by atoms with van der Waals surface area (Å²) in [6.07, 6.45) is -0.0236. The van der Waals surface area contributed by atoms with Gasteiger partial charge in [0.2, 0.25) is 5.91 Å². The predicted octanol–water partition coefficient (Wildman–Crippen LogP) is 3.90. The second kappa shape index (κ2) is 7.38. The number of hydrogen-bond donors (Lipinski definition) is 2. The quantitative estimate of drug-likeness (QED) is 0.888. The lowest BCUT2D eigenvalue weighted by atomic mass is 9.98. The zero-order valence-corrected chi connectivity index (χ0v) is 14.2. The fraction of sp³-hybridized carbons (Fsp3) is 0.300. The Labute approximate surface area is 147 Å². The van der Waals surface area contributed by atoms with Crippen molar-refractivity contribution in [2.45, 2.75) is 25.2 Å². The molecule has 2 amide bonds. The predicted molar refractivity (Wildman–Crippen MR) is 96.9 cm³/mol. The van der Waals surface area contributed by atoms with Gasteiger partial charge in [-0.15, -0.1) is 0 Å². The van der Waals surface area contributed by atoms with E-state index in [0.29, 0.717) is 13.1 Å². The molecule has 0 spiro atoms. The van der Waals surface area contributed by atoms with E-state index in [1.807, 2.05) is 61.5 Å². The number of nitrogens with zero attached hydrogens (tertiary/aromatic N) is 1. The third-order valence-electron chi connectivity index (χ3n) is 4.80. The second-order valence-electron chi connectivity index (χ2n) is 6.46. The van der Waals surface area contributed by atoms with Crippen LogP contribution in [0.5, 0.6) is 0 Å². The number of hydrogen-bond acceptors (Lipinski definition) is 2. The first kappa shape index (κ1) is 17.0. The summed E-state index contributed by atoms with van der Waals surface area (Å²) in [4.78, 5) is 24.8. The lowest BCUT2D eigenvalue weighted by Gasteiger charge is -2.15. The number of anilines is 1. The van der Waals surface area contributed by atoms with E-state index in [2.05, 4.69) is 5.32 Å². The van der Waals surface area contributed by atoms with Gasteiger partial charge in [0.05, 0.1) is 5.92 Å². The van der Waals surface area contributed by atoms with Crippen molar-refractivity contribution in [3.05, 3.63) is 65.7 Å². The van der Waals surface area contributed by atoms with Crippen molar-refractivity contribution >= 4 is 17.7 Å². The Kier molecular flexibility index (Phi) is 5.03. The number of benzene rings is 2. The lowest BCUT2D eigenvalue weighted by molar-refractivity contribution is -0.117. The Bertz CT molecular complexity index is 743. The van der Waals surface area contributed by atoms with Crippen molar-refractivity contribution < 1.29 is 14.7 Å². The summed E-state index contributed by atoms with van der Waals surface area (Å²) in [5, 5.41) is 12.0. The molecule has 5 heteroatoms. The van der Waals surface area contributed by atoms with Crippen molar-refractivity contribution in [2.75, 3.05) is 18.4 Å². The third-order valence-corrected chi connectivity index (χ3v) is 4.80. The summed E-state index contributed by atoms with van der Waals surface area (Å²) in [5.74, 6) is -0.0409. The highest BCUT2D eigenvalue weighted by Crippen LogP contribution is 2.28. The van der Waals surface area contributed by atoms with Crippen LogP contribution in [0.15, 0.2) is 54.6 Å². The van der Waals surface area contributed by atoms with Gasteiger partial charge in [-0.05, 0) is 36.6 Å². The number of carbonyl (C=O) groups is 2. The molecule has 2 aromatic rings. The molecule has 0 radical (unpaired) electrons. The minimum Gasteiger partial charge on any atom is -0.465 e. The Morgan fingerprint density at radius 2 is 1.80 bits per heavy atom. The summed E-state index contributed by atoms with van der Waals surface area (Å²) in [6.45, 7) is 3.00. The minimum atomic E-state index is -0.860. The van der Waals surface area contributed by atoms with Crippen molar-refractivity contribution in [2.24, 2.45) is 0 Å². The van der Waals surface area contributed by atoms with Gasteiger partial charge in [0.15, 0.2) is 0 Å². The van der Waals surface area contributed by atoms with Crippen LogP contribution in [0.2, 0.25) is 0 Å². The molecule has 1 aliphatic heterocycles. The summed E-state index contributed by atoms with van der Waals surface area (Å²) in [7, 11) is 0. The number of rotatable bonds is 4. The van der Waals surface area contributed by atoms with E-state index >= 15 is 0 Å². The maximum Gasteiger partial charge on any atom is 0.407 e. The number of carboxylic acid groups (broad SMARTS) is 1. The van der Waals surface area contributed by atoms with Crippen LogP contribution in [0.3, 0.4) is 0 Å². The summed E-state index contributed by atoms with van der Waals surface area (Å²) in [6, 6.07) is 17.4. The van der Waals surface area contributed by atoms with E-state index in [9.17, 15) is 9.59 Å². The monoisotopic (exact) mass is 338 g/mol. The molecule has 3 rings (SSSR count). The highest BCUT2D eigenvalue weighted by Gasteiger charge is 2.26. The average Bonchev–Trinajstić information content (AvgIpc) is 3.13. The van der Waals surface area contributed by atoms with Crippen molar-refractivity contribution in [1.29, 1.82) is 0 Å². The van der Waals surface area contributed by atoms with Crippen LogP contribution in [0.4, 0.5) is 10.5 Å². The standard InChI is InChI=1S/C20H22N2O3/c1-14(15-5-3-2-4-6-15)19(23)21-18-9-7-16(8-10-18)17-11-12-22(13-17)20(24)25/h2-10,14,17H,11-13H2,1H3,(H,21,23)(H,24,25)/t14-,17?/m1/s1. The van der Waals surface area contributed by atoms with Gasteiger partial charge in [0.25, 0.3) is 0 Å². The molecule has 1 heterocycles. The molecule has 130 valence electrons. The van der Waals surface area contributed by atoms with Gasteiger partial charge >= 0.3 is 6.09 Å². The molecule has 2 atom stereocenters. The molecule has 0 aliphatic carbocycles. The second-order valence-corrected chi connectivity index (χ2v) is 6.46. The van der Waals surface area contributed by atoms with Crippen LogP contribution in [0.1, 0.15) is 36.3 Å². The van der Waals surface area contributed by atoms with Crippen molar-refractivity contribution in [1.82, 2.24) is 4.90 Å². The number of nitrogens with one attached hydrogen (secondary N) is 1. The van der Waals surface area contributed by atoms with E-state index in [1.165, 1.54) is 4.90 Å². The molecule has 2 aromatic carbocycles. The van der Waals surface area contributed by atoms with Gasteiger partial charge in [-0.3, -0.25) is 4.79 Å². The maximum absolute atomic E-state index is 12.4. The van der Waals surface area contributed by atoms with E-state index < -0.39 is 6.09 Å². The number of carbonyl (C=O) groups excluding carboxylic acids is 1. The fourth-order valence-electron chi connectivity index (χ4n) is 3.19. The molecule has 0 aromatic heterocycles. The third kappa shape index (κ3) is 3.99. The first-order valence-electron chi connectivity index (χ1n) is 8.48. The lowest BCUT2D eigenvalue weighted by Crippen LogP contribution is -2.26. The molecule has 0 saturated carbocycles. The highest BCUT2D eigenvalue weighted by molar-refractivity contribution is 5.95. The fourth-order valence-corrected chi connectivity index (χ4v) is 3.19. The molecule has 2 N–H and O–H groups in total. The van der Waals surface area contributed by atoms with Crippen molar-refractivity contribution in [3.8, 4) is 0 Å². The molecular formula is C20H22N2O3. The zero-order chi connectivity index (χ0) is 17.8. The molecule has 1 saturated heterocycles. The zero-order valence-electron chi connectivity index (χ0n) is 14.2. The Hall–Kier alpha value is -2.82. The van der Waals surface area contributed by atoms with Gasteiger partial charge in [-0.1, -0.05) is 42.5 Å². The normalized spacial score (nSPS) is 18.0. The summed E-state index contributed by atoms with van der Waals surface area (Å²) in [5.41, 5.74) is 2.85. The Morgan fingerprint density at radius 3 is 2.40 bits per heavy atom. The van der Waals surface area contributed by atoms with Gasteiger partial charge < -0.3 is 15.3 Å². The smallest absolute Gasteiger partial charge is 0.407 e. The Morgan fingerprint density at radius 1 is 1.12 bits per heavy atom. The molecular weight excluding hydrogens is 316 g/mol. The van der Waals surface area contributed by atoms with Crippen LogP contribution >= 0.6 is 0 Å². The number of likely N-dealkylation sites (tertiary alicyclic amines) is 1. The molecule has 0 bridgehead atoms. The van der Waals surface area contributed by atoms with Gasteiger partial charge in [-0.2, -0.15) is 0 Å². The maximum atomic E-state index is 12.4. The van der Waals surface area contributed by atoms with Gasteiger partial charge in [0.1, 0.15) is 0 Å². The summed E-state index contributed by atoms with van der Waals surface area (Å²) < 4.78 is 0. The average molecular weight is 338 g/mol. The van der Waals surface area contributed by atoms with Crippen molar-refractivity contribution in [3.63, 3.8) is 0 Å². The van der Waals surface area contributed by atoms with Gasteiger partial charge in [0, 0.05) is 24.7 Å². The molecule has 5 nitrogen and oxygen atoms in total. The van der Waals surface area contributed by atoms with Crippen LogP contribution < -0.4 is 5.32 Å². The molecule has 1 fully saturated rings. The number of amides is 2. The molecule has 1 aliphatic rings. The van der Waals surface area contributed by atoms with Crippen LogP contribution in [-0.4, -0.2) is 35.1 Å². The van der Waals surface area contributed by atoms with E-state index in [-0.39, 0.29) is 17.7 Å². The summed E-state index contributed by atoms with van der Waals surface area (Å²) >= 11 is 0. The molecule has 25 heavy (non-hydrogen) atoms. The SMILES string of the molecule is C[C@@H](C(=O)Nc1ccc(C2CCN(C(=O)O)C2)cc1)c1ccccc1.